The summed E-state index contributed by atoms with van der Waals surface area (Å²) in [5.41, 5.74) is 2.27. The van der Waals surface area contributed by atoms with Crippen molar-refractivity contribution in [1.29, 1.82) is 0 Å². The lowest BCUT2D eigenvalue weighted by molar-refractivity contribution is 1.15. The Morgan fingerprint density at radius 1 is 0.792 bits per heavy atom. The first kappa shape index (κ1) is 38.2. The summed E-state index contributed by atoms with van der Waals surface area (Å²) in [5, 5.41) is 0. The van der Waals surface area contributed by atoms with E-state index in [1.54, 1.807) is 6.08 Å². The maximum absolute atomic E-state index is 3.91. The van der Waals surface area contributed by atoms with Gasteiger partial charge in [0.15, 0.2) is 0 Å². The van der Waals surface area contributed by atoms with Crippen LogP contribution in [-0.4, -0.2) is 0 Å². The summed E-state index contributed by atoms with van der Waals surface area (Å²) < 4.78 is 0. The van der Waals surface area contributed by atoms with Gasteiger partial charge in [-0.2, -0.15) is 0 Å². The zero-order chi connectivity index (χ0) is 19.5. The highest BCUT2D eigenvalue weighted by molar-refractivity contribution is 5.34. The maximum Gasteiger partial charge on any atom is -0.0307 e. The molecule has 0 saturated heterocycles. The summed E-state index contributed by atoms with van der Waals surface area (Å²) >= 11 is 0. The first-order valence-corrected chi connectivity index (χ1v) is 9.22. The van der Waals surface area contributed by atoms with E-state index in [0.29, 0.717) is 0 Å². The van der Waals surface area contributed by atoms with Gasteiger partial charge in [-0.15, -0.1) is 0 Å². The molecule has 0 fully saturated rings. The van der Waals surface area contributed by atoms with Gasteiger partial charge >= 0.3 is 0 Å². The Morgan fingerprint density at radius 2 is 1.25 bits per heavy atom. The van der Waals surface area contributed by atoms with Crippen LogP contribution in [-0.2, 0) is 0 Å². The van der Waals surface area contributed by atoms with E-state index in [1.165, 1.54) is 5.57 Å². The summed E-state index contributed by atoms with van der Waals surface area (Å²) in [6, 6.07) is 0. The van der Waals surface area contributed by atoms with Gasteiger partial charge in [0.2, 0.25) is 0 Å². The van der Waals surface area contributed by atoms with Crippen molar-refractivity contribution in [3.05, 3.63) is 72.9 Å². The van der Waals surface area contributed by atoms with E-state index in [2.05, 4.69) is 32.2 Å². The molecule has 0 aliphatic rings. The Labute approximate surface area is 156 Å². The average Bonchev–Trinajstić information content (AvgIpc) is 2.66. The van der Waals surface area contributed by atoms with Crippen molar-refractivity contribution in [3.8, 4) is 0 Å². The van der Waals surface area contributed by atoms with Crippen molar-refractivity contribution >= 4 is 0 Å². The first-order chi connectivity index (χ1) is 11.2. The molecule has 0 amide bonds. The van der Waals surface area contributed by atoms with Gasteiger partial charge in [0.1, 0.15) is 0 Å². The van der Waals surface area contributed by atoms with Gasteiger partial charge in [0, 0.05) is 0 Å². The van der Waals surface area contributed by atoms with Gasteiger partial charge in [-0.3, -0.25) is 0 Å². The number of hydrogen-bond acceptors (Lipinski definition) is 0. The lowest BCUT2D eigenvalue weighted by Gasteiger charge is -1.94. The van der Waals surface area contributed by atoms with Gasteiger partial charge in [0.05, 0.1) is 0 Å². The molecule has 0 aliphatic carbocycles. The molecule has 0 saturated carbocycles. The Hall–Kier alpha value is -1.56. The highest BCUT2D eigenvalue weighted by atomic mass is 13.9. The Morgan fingerprint density at radius 3 is 1.58 bits per heavy atom. The minimum Gasteiger partial charge on any atom is -0.0991 e. The van der Waals surface area contributed by atoms with Gasteiger partial charge in [-0.25, -0.2) is 0 Å². The zero-order valence-corrected chi connectivity index (χ0v) is 17.7. The molecule has 0 aromatic rings. The molecule has 0 rings (SSSR count). The lowest BCUT2D eigenvalue weighted by Crippen LogP contribution is -1.74. The van der Waals surface area contributed by atoms with Gasteiger partial charge in [0.25, 0.3) is 0 Å². The average molecular weight is 337 g/mol. The van der Waals surface area contributed by atoms with Crippen LogP contribution in [0.3, 0.4) is 0 Å². The van der Waals surface area contributed by atoms with Crippen molar-refractivity contribution < 1.29 is 0 Å². The van der Waals surface area contributed by atoms with E-state index in [1.807, 2.05) is 92.7 Å². The predicted octanol–water partition coefficient (Wildman–Crippen LogP) is 9.49. The lowest BCUT2D eigenvalue weighted by atomic mass is 10.1. The van der Waals surface area contributed by atoms with Crippen molar-refractivity contribution in [3.63, 3.8) is 0 Å². The molecule has 0 aromatic carbocycles. The van der Waals surface area contributed by atoms with Gasteiger partial charge in [-0.05, 0) is 24.5 Å². The second-order valence-electron chi connectivity index (χ2n) is 3.12. The van der Waals surface area contributed by atoms with Crippen LogP contribution >= 0.6 is 0 Å². The third kappa shape index (κ3) is 42.8. The molecule has 0 N–H and O–H groups in total. The SMILES string of the molecule is C.C=C/C=C\C(=C)/C=C/C(=C/C=C\C)CC.CC.CC.CC.CC. The fourth-order valence-corrected chi connectivity index (χ4v) is 0.972. The molecule has 0 atom stereocenters. The third-order valence-corrected chi connectivity index (χ3v) is 1.87. The minimum absolute atomic E-state index is 0. The van der Waals surface area contributed by atoms with E-state index < -0.39 is 0 Å². The Bertz CT molecular complexity index is 309. The standard InChI is InChI=1S/C15H20.4C2H6.CH4/c1-5-8-10-14(4)12-13-15(7-3)11-9-6-2;4*1-2;/h5-6,8-13H,1,4,7H2,2-3H3;4*1-2H3;1H4/b9-6-,10-8-,13-12+,15-11+;;;;;. The molecule has 0 bridgehead atoms. The van der Waals surface area contributed by atoms with Crippen molar-refractivity contribution in [2.75, 3.05) is 0 Å². The van der Waals surface area contributed by atoms with Crippen LogP contribution in [0.1, 0.15) is 83.1 Å². The largest absolute Gasteiger partial charge is 0.0991 e. The molecular weight excluding hydrogens is 288 g/mol. The predicted molar refractivity (Wildman–Crippen MR) is 123 cm³/mol. The Balaban J connectivity index is -0.0000000782. The smallest absolute Gasteiger partial charge is 0.0307 e. The molecule has 0 heterocycles. The van der Waals surface area contributed by atoms with E-state index >= 15 is 0 Å². The van der Waals surface area contributed by atoms with Crippen LogP contribution < -0.4 is 0 Å². The Kier molecular flexibility index (Phi) is 78.9. The van der Waals surface area contributed by atoms with Crippen LogP contribution in [0.25, 0.3) is 0 Å². The molecule has 0 unspecified atom stereocenters. The van der Waals surface area contributed by atoms with E-state index in [4.69, 9.17) is 0 Å². The third-order valence-electron chi connectivity index (χ3n) is 1.87. The van der Waals surface area contributed by atoms with Gasteiger partial charge < -0.3 is 0 Å². The summed E-state index contributed by atoms with van der Waals surface area (Å²) in [5.74, 6) is 0. The first-order valence-electron chi connectivity index (χ1n) is 9.22. The molecule has 0 spiro atoms. The second-order valence-corrected chi connectivity index (χ2v) is 3.12. The fourth-order valence-electron chi connectivity index (χ4n) is 0.972. The zero-order valence-electron chi connectivity index (χ0n) is 17.7. The molecular formula is C24H48. The molecule has 0 nitrogen and oxygen atoms in total. The van der Waals surface area contributed by atoms with Crippen molar-refractivity contribution in [2.45, 2.75) is 83.1 Å². The van der Waals surface area contributed by atoms with E-state index in [0.717, 1.165) is 12.0 Å². The number of allylic oxidation sites excluding steroid dienone is 10. The normalized spacial score (nSPS) is 9.17. The molecule has 0 heteroatoms. The molecule has 0 aliphatic heterocycles. The monoisotopic (exact) mass is 336 g/mol. The summed E-state index contributed by atoms with van der Waals surface area (Å²) in [6.07, 6.45) is 16.9. The van der Waals surface area contributed by atoms with Crippen LogP contribution in [0.5, 0.6) is 0 Å². The van der Waals surface area contributed by atoms with Crippen LogP contribution in [0.2, 0.25) is 0 Å². The quantitative estimate of drug-likeness (QED) is 0.423. The van der Waals surface area contributed by atoms with Crippen LogP contribution in [0.15, 0.2) is 72.9 Å². The number of hydrogen-bond donors (Lipinski definition) is 0. The van der Waals surface area contributed by atoms with Crippen molar-refractivity contribution in [2.24, 2.45) is 0 Å². The van der Waals surface area contributed by atoms with Crippen LogP contribution in [0, 0.1) is 0 Å². The molecule has 0 aromatic heterocycles. The van der Waals surface area contributed by atoms with Gasteiger partial charge in [-0.1, -0.05) is 132 Å². The highest BCUT2D eigenvalue weighted by Crippen LogP contribution is 2.06. The number of rotatable bonds is 6. The highest BCUT2D eigenvalue weighted by Gasteiger charge is 1.85. The molecule has 0 radical (unpaired) electrons. The van der Waals surface area contributed by atoms with E-state index in [-0.39, 0.29) is 7.43 Å². The summed E-state index contributed by atoms with van der Waals surface area (Å²) in [7, 11) is 0. The van der Waals surface area contributed by atoms with Crippen molar-refractivity contribution in [1.82, 2.24) is 0 Å². The summed E-state index contributed by atoms with van der Waals surface area (Å²) in [6.45, 7) is 27.7. The second kappa shape index (κ2) is 49.6. The van der Waals surface area contributed by atoms with E-state index in [9.17, 15) is 0 Å². The topological polar surface area (TPSA) is 0 Å². The fraction of sp³-hybridized carbons (Fsp3) is 0.500. The summed E-state index contributed by atoms with van der Waals surface area (Å²) in [4.78, 5) is 0. The van der Waals surface area contributed by atoms with Crippen LogP contribution in [0.4, 0.5) is 0 Å². The maximum atomic E-state index is 3.91. The minimum atomic E-state index is 0. The molecule has 144 valence electrons. The molecule has 24 heavy (non-hydrogen) atoms.